The van der Waals surface area contributed by atoms with Crippen LogP contribution in [0, 0.1) is 0 Å². The minimum Gasteiger partial charge on any atom is -0.360 e. The van der Waals surface area contributed by atoms with Gasteiger partial charge in [0.1, 0.15) is 0 Å². The van der Waals surface area contributed by atoms with E-state index >= 15 is 0 Å². The summed E-state index contributed by atoms with van der Waals surface area (Å²) in [6.07, 6.45) is 0.976. The van der Waals surface area contributed by atoms with Crippen LogP contribution in [0.1, 0.15) is 44.6 Å². The lowest BCUT2D eigenvalue weighted by molar-refractivity contribution is -0.927. The van der Waals surface area contributed by atoms with Gasteiger partial charge in [-0.25, -0.2) is 4.68 Å². The molecule has 1 aliphatic rings. The van der Waals surface area contributed by atoms with E-state index in [4.69, 9.17) is 0 Å². The minimum absolute atomic E-state index is 0.114. The first kappa shape index (κ1) is 19.6. The molecule has 152 valence electrons. The van der Waals surface area contributed by atoms with E-state index in [1.54, 1.807) is 0 Å². The fraction of sp³-hybridized carbons (Fsp3) is 0.435. The molecule has 1 aliphatic heterocycles. The van der Waals surface area contributed by atoms with E-state index in [1.807, 2.05) is 4.68 Å². The fourth-order valence-corrected chi connectivity index (χ4v) is 4.15. The summed E-state index contributed by atoms with van der Waals surface area (Å²) in [4.78, 5) is 4.00. The average Bonchev–Trinajstić information content (AvgIpc) is 3.26. The summed E-state index contributed by atoms with van der Waals surface area (Å²) in [5.41, 5.74) is 2.47. The summed E-state index contributed by atoms with van der Waals surface area (Å²) in [5, 5.41) is 13.0. The van der Waals surface area contributed by atoms with Gasteiger partial charge in [0.25, 0.3) is 0 Å². The zero-order valence-corrected chi connectivity index (χ0v) is 17.6. The molecule has 2 heterocycles. The van der Waals surface area contributed by atoms with Gasteiger partial charge in [0, 0.05) is 11.3 Å². The third kappa shape index (κ3) is 4.03. The highest BCUT2D eigenvalue weighted by Crippen LogP contribution is 2.25. The molecule has 2 aromatic carbocycles. The highest BCUT2D eigenvalue weighted by atomic mass is 15.6. The largest absolute Gasteiger partial charge is 0.360 e. The zero-order chi connectivity index (χ0) is 20.3. The zero-order valence-electron chi connectivity index (χ0n) is 17.6. The van der Waals surface area contributed by atoms with Crippen molar-refractivity contribution in [2.75, 3.05) is 31.1 Å². The van der Waals surface area contributed by atoms with E-state index < -0.39 is 0 Å². The minimum atomic E-state index is -0.114. The maximum Gasteiger partial charge on any atom is 0.214 e. The van der Waals surface area contributed by atoms with Crippen molar-refractivity contribution in [2.24, 2.45) is 0 Å². The number of nitrogens with one attached hydrogen (secondary N) is 1. The molecule has 4 rings (SSSR count). The molecule has 0 amide bonds. The fourth-order valence-electron chi connectivity index (χ4n) is 4.15. The number of tetrazole rings is 1. The van der Waals surface area contributed by atoms with E-state index in [2.05, 4.69) is 102 Å². The molecule has 1 atom stereocenters. The van der Waals surface area contributed by atoms with E-state index in [-0.39, 0.29) is 11.6 Å². The third-order valence-corrected chi connectivity index (χ3v) is 6.26. The Bertz CT molecular complexity index is 897. The second-order valence-electron chi connectivity index (χ2n) is 8.44. The van der Waals surface area contributed by atoms with Crippen molar-refractivity contribution >= 4 is 5.69 Å². The molecule has 3 aromatic rings. The van der Waals surface area contributed by atoms with Crippen LogP contribution >= 0.6 is 0 Å². The van der Waals surface area contributed by atoms with Crippen LogP contribution in [-0.4, -0.2) is 46.4 Å². The van der Waals surface area contributed by atoms with Gasteiger partial charge in [0.05, 0.1) is 31.7 Å². The van der Waals surface area contributed by atoms with Gasteiger partial charge >= 0.3 is 0 Å². The van der Waals surface area contributed by atoms with Crippen LogP contribution < -0.4 is 9.80 Å². The van der Waals surface area contributed by atoms with Crippen molar-refractivity contribution in [1.82, 2.24) is 20.2 Å². The number of hydrogen-bond donors (Lipinski definition) is 1. The van der Waals surface area contributed by atoms with Crippen LogP contribution in [-0.2, 0) is 5.54 Å². The highest BCUT2D eigenvalue weighted by molar-refractivity contribution is 5.46. The predicted octanol–water partition coefficient (Wildman–Crippen LogP) is 2.31. The number of nitrogens with zero attached hydrogens (tertiary/aromatic N) is 5. The van der Waals surface area contributed by atoms with E-state index in [9.17, 15) is 0 Å². The summed E-state index contributed by atoms with van der Waals surface area (Å²) in [5.74, 6) is 0.964. The maximum atomic E-state index is 4.53. The van der Waals surface area contributed by atoms with Gasteiger partial charge in [-0.2, -0.15) is 0 Å². The molecule has 1 fully saturated rings. The molecule has 1 aromatic heterocycles. The monoisotopic (exact) mass is 391 g/mol. The molecule has 0 bridgehead atoms. The van der Waals surface area contributed by atoms with Crippen molar-refractivity contribution in [3.05, 3.63) is 72.1 Å². The number of aromatic nitrogens is 4. The normalized spacial score (nSPS) is 16.7. The van der Waals surface area contributed by atoms with Crippen molar-refractivity contribution in [3.8, 4) is 0 Å². The number of rotatable bonds is 6. The molecule has 0 radical (unpaired) electrons. The van der Waals surface area contributed by atoms with E-state index in [0.717, 1.165) is 38.4 Å². The van der Waals surface area contributed by atoms with Crippen molar-refractivity contribution < 1.29 is 4.90 Å². The lowest BCUT2D eigenvalue weighted by Gasteiger charge is -2.38. The number of quaternary nitrogens is 1. The van der Waals surface area contributed by atoms with Gasteiger partial charge in [-0.05, 0) is 42.8 Å². The standard InChI is InChI=1S/C23H30N6/c1-4-23(2,3)29-22(24-25-26-29)21(19-11-7-5-8-12-19)28-17-15-27(16-18-28)20-13-9-6-10-14-20/h5-14,21H,4,15-18H2,1-3H3/p+1/t21-/m0/s1. The molecular formula is C23H31N6+. The molecule has 0 unspecified atom stereocenters. The summed E-state index contributed by atoms with van der Waals surface area (Å²) < 4.78 is 2.04. The number of hydrogen-bond acceptors (Lipinski definition) is 4. The van der Waals surface area contributed by atoms with Gasteiger partial charge in [-0.15, -0.1) is 5.10 Å². The summed E-state index contributed by atoms with van der Waals surface area (Å²) in [7, 11) is 0. The molecule has 0 spiro atoms. The molecule has 0 aliphatic carbocycles. The Morgan fingerprint density at radius 3 is 2.21 bits per heavy atom. The summed E-state index contributed by atoms with van der Waals surface area (Å²) in [6, 6.07) is 21.5. The van der Waals surface area contributed by atoms with E-state index in [1.165, 1.54) is 16.2 Å². The van der Waals surface area contributed by atoms with Gasteiger partial charge in [-0.1, -0.05) is 55.5 Å². The maximum absolute atomic E-state index is 4.53. The molecule has 29 heavy (non-hydrogen) atoms. The second kappa shape index (κ2) is 8.33. The Hall–Kier alpha value is -2.73. The number of anilines is 1. The lowest BCUT2D eigenvalue weighted by atomic mass is 9.99. The van der Waals surface area contributed by atoms with Crippen LogP contribution in [0.15, 0.2) is 60.7 Å². The Balaban J connectivity index is 1.63. The van der Waals surface area contributed by atoms with Crippen LogP contribution in [0.25, 0.3) is 0 Å². The first-order valence-corrected chi connectivity index (χ1v) is 10.6. The topological polar surface area (TPSA) is 51.3 Å². The summed E-state index contributed by atoms with van der Waals surface area (Å²) >= 11 is 0. The molecular weight excluding hydrogens is 360 g/mol. The summed E-state index contributed by atoms with van der Waals surface area (Å²) in [6.45, 7) is 10.8. The smallest absolute Gasteiger partial charge is 0.214 e. The first-order chi connectivity index (χ1) is 14.1. The van der Waals surface area contributed by atoms with Crippen LogP contribution in [0.5, 0.6) is 0 Å². The lowest BCUT2D eigenvalue weighted by Crippen LogP contribution is -3.15. The van der Waals surface area contributed by atoms with Crippen LogP contribution in [0.4, 0.5) is 5.69 Å². The molecule has 1 N–H and O–H groups in total. The molecule has 6 nitrogen and oxygen atoms in total. The Kier molecular flexibility index (Phi) is 5.62. The van der Waals surface area contributed by atoms with Crippen molar-refractivity contribution in [3.63, 3.8) is 0 Å². The number of benzene rings is 2. The van der Waals surface area contributed by atoms with Gasteiger partial charge in [0.15, 0.2) is 6.04 Å². The molecule has 6 heteroatoms. The average molecular weight is 392 g/mol. The first-order valence-electron chi connectivity index (χ1n) is 10.6. The Labute approximate surface area is 173 Å². The Morgan fingerprint density at radius 1 is 0.966 bits per heavy atom. The molecule has 0 saturated carbocycles. The highest BCUT2D eigenvalue weighted by Gasteiger charge is 2.36. The second-order valence-corrected chi connectivity index (χ2v) is 8.44. The van der Waals surface area contributed by atoms with Crippen molar-refractivity contribution in [2.45, 2.75) is 38.8 Å². The Morgan fingerprint density at radius 2 is 1.59 bits per heavy atom. The van der Waals surface area contributed by atoms with Crippen LogP contribution in [0.2, 0.25) is 0 Å². The quantitative estimate of drug-likeness (QED) is 0.701. The van der Waals surface area contributed by atoms with Crippen LogP contribution in [0.3, 0.4) is 0 Å². The van der Waals surface area contributed by atoms with Crippen molar-refractivity contribution in [1.29, 1.82) is 0 Å². The number of para-hydroxylation sites is 1. The van der Waals surface area contributed by atoms with E-state index in [0.29, 0.717) is 0 Å². The SMILES string of the molecule is CCC(C)(C)n1nnnc1[C@H](c1ccccc1)[NH+]1CCN(c2ccccc2)CC1. The van der Waals surface area contributed by atoms with Gasteiger partial charge in [-0.3, -0.25) is 0 Å². The predicted molar refractivity (Wildman–Crippen MR) is 115 cm³/mol. The molecule has 1 saturated heterocycles. The third-order valence-electron chi connectivity index (χ3n) is 6.26. The number of piperazine rings is 1. The van der Waals surface area contributed by atoms with Gasteiger partial charge < -0.3 is 9.80 Å². The van der Waals surface area contributed by atoms with Gasteiger partial charge in [0.2, 0.25) is 5.82 Å².